The fourth-order valence-electron chi connectivity index (χ4n) is 3.24. The topological polar surface area (TPSA) is 67.5 Å². The maximum Gasteiger partial charge on any atom is 0.259 e. The molecule has 1 aliphatic heterocycles. The number of rotatable bonds is 5. The second-order valence-electron chi connectivity index (χ2n) is 6.77. The van der Waals surface area contributed by atoms with Gasteiger partial charge in [0.25, 0.3) is 5.56 Å². The summed E-state index contributed by atoms with van der Waals surface area (Å²) >= 11 is 0. The molecule has 0 bridgehead atoms. The zero-order chi connectivity index (χ0) is 18.6. The van der Waals surface area contributed by atoms with Gasteiger partial charge in [0.05, 0.1) is 24.1 Å². The highest BCUT2D eigenvalue weighted by atomic mass is 16.5. The Labute approximate surface area is 157 Å². The number of morpholine rings is 1. The van der Waals surface area contributed by atoms with Crippen LogP contribution in [0.15, 0.2) is 47.3 Å². The largest absolute Gasteiger partial charge is 0.492 e. The lowest BCUT2D eigenvalue weighted by Gasteiger charge is -2.26. The van der Waals surface area contributed by atoms with Gasteiger partial charge in [-0.1, -0.05) is 23.8 Å². The van der Waals surface area contributed by atoms with Crippen molar-refractivity contribution in [2.75, 3.05) is 39.5 Å². The number of nitrogens with one attached hydrogen (secondary N) is 1. The van der Waals surface area contributed by atoms with Crippen molar-refractivity contribution in [2.45, 2.75) is 6.92 Å². The molecule has 0 amide bonds. The van der Waals surface area contributed by atoms with Crippen LogP contribution in [0.25, 0.3) is 22.3 Å². The molecule has 2 heterocycles. The Balaban J connectivity index is 1.51. The van der Waals surface area contributed by atoms with E-state index in [0.717, 1.165) is 49.7 Å². The summed E-state index contributed by atoms with van der Waals surface area (Å²) in [7, 11) is 0. The quantitative estimate of drug-likeness (QED) is 0.753. The normalized spacial score (nSPS) is 15.1. The summed E-state index contributed by atoms with van der Waals surface area (Å²) < 4.78 is 11.3. The van der Waals surface area contributed by atoms with Gasteiger partial charge >= 0.3 is 0 Å². The lowest BCUT2D eigenvalue weighted by molar-refractivity contribution is 0.0322. The molecule has 0 atom stereocenters. The maximum atomic E-state index is 12.4. The number of fused-ring (bicyclic) bond motifs is 1. The summed E-state index contributed by atoms with van der Waals surface area (Å²) in [5, 5.41) is 0.608. The van der Waals surface area contributed by atoms with Crippen LogP contribution in [-0.4, -0.2) is 54.3 Å². The van der Waals surface area contributed by atoms with Gasteiger partial charge < -0.3 is 14.5 Å². The first-order valence-electron chi connectivity index (χ1n) is 9.23. The molecule has 4 rings (SSSR count). The summed E-state index contributed by atoms with van der Waals surface area (Å²) in [6.45, 7) is 6.93. The number of aromatic nitrogens is 2. The summed E-state index contributed by atoms with van der Waals surface area (Å²) in [5.74, 6) is 1.32. The molecular weight excluding hydrogens is 342 g/mol. The zero-order valence-electron chi connectivity index (χ0n) is 15.4. The molecule has 1 N–H and O–H groups in total. The van der Waals surface area contributed by atoms with E-state index in [1.54, 1.807) is 0 Å². The van der Waals surface area contributed by atoms with E-state index in [0.29, 0.717) is 23.3 Å². The van der Waals surface area contributed by atoms with E-state index in [-0.39, 0.29) is 5.56 Å². The first kappa shape index (κ1) is 17.7. The lowest BCUT2D eigenvalue weighted by Crippen LogP contribution is -2.38. The molecule has 3 aromatic rings. The average Bonchev–Trinajstić information content (AvgIpc) is 2.69. The van der Waals surface area contributed by atoms with Crippen LogP contribution in [0.5, 0.6) is 5.75 Å². The van der Waals surface area contributed by atoms with E-state index < -0.39 is 0 Å². The fourth-order valence-corrected chi connectivity index (χ4v) is 3.24. The highest BCUT2D eigenvalue weighted by Crippen LogP contribution is 2.22. The zero-order valence-corrected chi connectivity index (χ0v) is 15.4. The summed E-state index contributed by atoms with van der Waals surface area (Å²) in [6, 6.07) is 13.4. The van der Waals surface area contributed by atoms with E-state index in [1.807, 2.05) is 49.4 Å². The Morgan fingerprint density at radius 2 is 2.04 bits per heavy atom. The molecule has 2 aromatic carbocycles. The molecule has 1 saturated heterocycles. The summed E-state index contributed by atoms with van der Waals surface area (Å²) in [5.41, 5.74) is 2.44. The monoisotopic (exact) mass is 365 g/mol. The first-order valence-corrected chi connectivity index (χ1v) is 9.23. The predicted molar refractivity (Wildman–Crippen MR) is 105 cm³/mol. The third-order valence-electron chi connectivity index (χ3n) is 4.75. The molecule has 0 aliphatic carbocycles. The minimum Gasteiger partial charge on any atom is -0.492 e. The minimum atomic E-state index is -0.127. The predicted octanol–water partition coefficient (Wildman–Crippen LogP) is 2.61. The second-order valence-corrected chi connectivity index (χ2v) is 6.77. The fraction of sp³-hybridized carbons (Fsp3) is 0.333. The van der Waals surface area contributed by atoms with Gasteiger partial charge in [-0.2, -0.15) is 0 Å². The summed E-state index contributed by atoms with van der Waals surface area (Å²) in [4.78, 5) is 22.2. The molecule has 1 fully saturated rings. The number of hydrogen-bond donors (Lipinski definition) is 1. The molecule has 6 nitrogen and oxygen atoms in total. The van der Waals surface area contributed by atoms with Gasteiger partial charge in [0, 0.05) is 25.2 Å². The van der Waals surface area contributed by atoms with Gasteiger partial charge in [-0.25, -0.2) is 4.98 Å². The molecule has 0 spiro atoms. The van der Waals surface area contributed by atoms with Crippen molar-refractivity contribution in [2.24, 2.45) is 0 Å². The van der Waals surface area contributed by atoms with Gasteiger partial charge in [0.15, 0.2) is 0 Å². The van der Waals surface area contributed by atoms with Gasteiger partial charge in [0.2, 0.25) is 0 Å². The highest BCUT2D eigenvalue weighted by molar-refractivity contribution is 5.80. The van der Waals surface area contributed by atoms with Crippen molar-refractivity contribution >= 4 is 10.9 Å². The van der Waals surface area contributed by atoms with Crippen LogP contribution >= 0.6 is 0 Å². The van der Waals surface area contributed by atoms with Crippen LogP contribution < -0.4 is 10.3 Å². The lowest BCUT2D eigenvalue weighted by atomic mass is 10.1. The van der Waals surface area contributed by atoms with Crippen LogP contribution in [0.1, 0.15) is 5.56 Å². The van der Waals surface area contributed by atoms with Crippen molar-refractivity contribution in [3.05, 3.63) is 58.4 Å². The van der Waals surface area contributed by atoms with Crippen molar-refractivity contribution in [3.8, 4) is 17.1 Å². The third kappa shape index (κ3) is 4.18. The molecule has 6 heteroatoms. The SMILES string of the molecule is Cc1ccc2nc(-c3cccc(OCCN4CCOCC4)c3)[nH]c(=O)c2c1. The molecule has 140 valence electrons. The van der Waals surface area contributed by atoms with Gasteiger partial charge in [-0.15, -0.1) is 0 Å². The number of hydrogen-bond acceptors (Lipinski definition) is 5. The second kappa shape index (κ2) is 7.90. The third-order valence-corrected chi connectivity index (χ3v) is 4.75. The molecule has 0 saturated carbocycles. The molecule has 0 radical (unpaired) electrons. The van der Waals surface area contributed by atoms with Gasteiger partial charge in [-0.3, -0.25) is 9.69 Å². The number of aromatic amines is 1. The molecule has 0 unspecified atom stereocenters. The Morgan fingerprint density at radius 1 is 1.19 bits per heavy atom. The Bertz CT molecular complexity index is 993. The Hall–Kier alpha value is -2.70. The highest BCUT2D eigenvalue weighted by Gasteiger charge is 2.10. The maximum absolute atomic E-state index is 12.4. The van der Waals surface area contributed by atoms with E-state index in [4.69, 9.17) is 9.47 Å². The van der Waals surface area contributed by atoms with Gasteiger partial charge in [-0.05, 0) is 31.2 Å². The van der Waals surface area contributed by atoms with Crippen molar-refractivity contribution in [3.63, 3.8) is 0 Å². The van der Waals surface area contributed by atoms with Crippen LogP contribution in [0.3, 0.4) is 0 Å². The van der Waals surface area contributed by atoms with E-state index in [9.17, 15) is 4.79 Å². The summed E-state index contributed by atoms with van der Waals surface area (Å²) in [6.07, 6.45) is 0. The van der Waals surface area contributed by atoms with Crippen molar-refractivity contribution in [1.82, 2.24) is 14.9 Å². The Morgan fingerprint density at radius 3 is 2.89 bits per heavy atom. The number of nitrogens with zero attached hydrogens (tertiary/aromatic N) is 2. The van der Waals surface area contributed by atoms with E-state index in [2.05, 4.69) is 14.9 Å². The number of benzene rings is 2. The van der Waals surface area contributed by atoms with Gasteiger partial charge in [0.1, 0.15) is 18.2 Å². The average molecular weight is 365 g/mol. The molecule has 1 aromatic heterocycles. The van der Waals surface area contributed by atoms with Crippen LogP contribution in [0, 0.1) is 6.92 Å². The standard InChI is InChI=1S/C21H23N3O3/c1-15-5-6-19-18(13-15)21(25)23-20(22-19)16-3-2-4-17(14-16)27-12-9-24-7-10-26-11-8-24/h2-6,13-14H,7-12H2,1H3,(H,22,23,25). The molecule has 27 heavy (non-hydrogen) atoms. The van der Waals surface area contributed by atoms with Crippen LogP contribution in [0.2, 0.25) is 0 Å². The number of ether oxygens (including phenoxy) is 2. The van der Waals surface area contributed by atoms with E-state index >= 15 is 0 Å². The smallest absolute Gasteiger partial charge is 0.259 e. The molecule has 1 aliphatic rings. The number of aryl methyl sites for hydroxylation is 1. The minimum absolute atomic E-state index is 0.127. The van der Waals surface area contributed by atoms with E-state index in [1.165, 1.54) is 0 Å². The van der Waals surface area contributed by atoms with Crippen LogP contribution in [-0.2, 0) is 4.74 Å². The van der Waals surface area contributed by atoms with Crippen molar-refractivity contribution in [1.29, 1.82) is 0 Å². The molecular formula is C21H23N3O3. The number of H-pyrrole nitrogens is 1. The Kier molecular flexibility index (Phi) is 5.18. The van der Waals surface area contributed by atoms with Crippen LogP contribution in [0.4, 0.5) is 0 Å². The first-order chi connectivity index (χ1) is 13.2. The van der Waals surface area contributed by atoms with Crippen molar-refractivity contribution < 1.29 is 9.47 Å².